The summed E-state index contributed by atoms with van der Waals surface area (Å²) in [7, 11) is 1.17. The molecule has 20 heavy (non-hydrogen) atoms. The molecule has 0 spiro atoms. The molecular formula is C13H22ClFN2O3. The molecule has 3 atom stereocenters. The van der Waals surface area contributed by atoms with Gasteiger partial charge in [-0.25, -0.2) is 9.18 Å². The lowest BCUT2D eigenvalue weighted by molar-refractivity contribution is -0.154. The van der Waals surface area contributed by atoms with Gasteiger partial charge in [-0.05, 0) is 26.3 Å². The molecule has 1 amide bonds. The van der Waals surface area contributed by atoms with Crippen LogP contribution in [0.3, 0.4) is 0 Å². The highest BCUT2D eigenvalue weighted by molar-refractivity contribution is 5.85. The van der Waals surface area contributed by atoms with E-state index in [1.54, 1.807) is 0 Å². The fourth-order valence-corrected chi connectivity index (χ4v) is 2.92. The van der Waals surface area contributed by atoms with E-state index in [2.05, 4.69) is 10.1 Å². The Kier molecular flexibility index (Phi) is 5.77. The van der Waals surface area contributed by atoms with Gasteiger partial charge in [0.15, 0.2) is 0 Å². The number of methoxy groups -OCH3 is 1. The van der Waals surface area contributed by atoms with E-state index < -0.39 is 11.6 Å². The van der Waals surface area contributed by atoms with Gasteiger partial charge >= 0.3 is 5.97 Å². The largest absolute Gasteiger partial charge is 0.467 e. The molecular weight excluding hydrogens is 287 g/mol. The Morgan fingerprint density at radius 2 is 2.15 bits per heavy atom. The van der Waals surface area contributed by atoms with Crippen molar-refractivity contribution in [3.05, 3.63) is 0 Å². The lowest BCUT2D eigenvalue weighted by Gasteiger charge is -2.30. The molecule has 2 fully saturated rings. The van der Waals surface area contributed by atoms with Crippen molar-refractivity contribution in [2.24, 2.45) is 5.92 Å². The number of amides is 1. The third-order valence-electron chi connectivity index (χ3n) is 4.06. The molecule has 1 N–H and O–H groups in total. The standard InChI is InChI=1S/C13H21FN2O3.ClH/c1-9-7-10(3-5-15-9)11(17)16-6-4-13(14,8-16)12(18)19-2;/h9-10,15H,3-8H2,1-2H3;1H/t9-,10-,13?;/m0./s1. The van der Waals surface area contributed by atoms with Gasteiger partial charge in [-0.1, -0.05) is 0 Å². The first-order valence-electron chi connectivity index (χ1n) is 6.76. The van der Waals surface area contributed by atoms with E-state index >= 15 is 0 Å². The van der Waals surface area contributed by atoms with Crippen LogP contribution in [0.2, 0.25) is 0 Å². The number of carbonyl (C=O) groups is 2. The number of carbonyl (C=O) groups excluding carboxylic acids is 2. The average Bonchev–Trinajstić information content (AvgIpc) is 2.81. The number of esters is 1. The SMILES string of the molecule is COC(=O)C1(F)CCN(C(=O)[C@H]2CCN[C@@H](C)C2)C1.Cl. The number of rotatable bonds is 2. The monoisotopic (exact) mass is 308 g/mol. The number of likely N-dealkylation sites (tertiary alicyclic amines) is 1. The van der Waals surface area contributed by atoms with Crippen molar-refractivity contribution in [2.45, 2.75) is 37.9 Å². The Labute approximate surface area is 124 Å². The maximum atomic E-state index is 14.3. The van der Waals surface area contributed by atoms with Gasteiger partial charge in [0.2, 0.25) is 11.6 Å². The van der Waals surface area contributed by atoms with Crippen molar-refractivity contribution >= 4 is 24.3 Å². The Balaban J connectivity index is 0.00000200. The summed E-state index contributed by atoms with van der Waals surface area (Å²) >= 11 is 0. The van der Waals surface area contributed by atoms with Gasteiger partial charge in [0.25, 0.3) is 0 Å². The predicted molar refractivity (Wildman–Crippen MR) is 74.5 cm³/mol. The zero-order valence-corrected chi connectivity index (χ0v) is 12.7. The molecule has 1 unspecified atom stereocenters. The Morgan fingerprint density at radius 1 is 1.45 bits per heavy atom. The number of nitrogens with one attached hydrogen (secondary N) is 1. The van der Waals surface area contributed by atoms with Gasteiger partial charge < -0.3 is 15.0 Å². The maximum Gasteiger partial charge on any atom is 0.345 e. The number of hydrogen-bond acceptors (Lipinski definition) is 4. The van der Waals surface area contributed by atoms with Crippen LogP contribution in [0.15, 0.2) is 0 Å². The van der Waals surface area contributed by atoms with Crippen LogP contribution in [0.5, 0.6) is 0 Å². The lowest BCUT2D eigenvalue weighted by atomic mass is 9.92. The summed E-state index contributed by atoms with van der Waals surface area (Å²) in [6.07, 6.45) is 1.58. The first kappa shape index (κ1) is 17.2. The maximum absolute atomic E-state index is 14.3. The normalized spacial score (nSPS) is 33.5. The quantitative estimate of drug-likeness (QED) is 0.770. The number of alkyl halides is 1. The van der Waals surface area contributed by atoms with Gasteiger partial charge in [0, 0.05) is 24.9 Å². The summed E-state index contributed by atoms with van der Waals surface area (Å²) in [5.41, 5.74) is -2.02. The molecule has 0 bridgehead atoms. The van der Waals surface area contributed by atoms with Crippen LogP contribution in [-0.4, -0.2) is 55.2 Å². The van der Waals surface area contributed by atoms with E-state index in [9.17, 15) is 14.0 Å². The highest BCUT2D eigenvalue weighted by Gasteiger charge is 2.48. The number of piperidine rings is 1. The summed E-state index contributed by atoms with van der Waals surface area (Å²) in [4.78, 5) is 25.2. The summed E-state index contributed by atoms with van der Waals surface area (Å²) in [6, 6.07) is 0.307. The van der Waals surface area contributed by atoms with Crippen LogP contribution in [0.25, 0.3) is 0 Å². The highest BCUT2D eigenvalue weighted by Crippen LogP contribution is 2.29. The molecule has 2 heterocycles. The van der Waals surface area contributed by atoms with Crippen LogP contribution in [0.4, 0.5) is 4.39 Å². The molecule has 0 aliphatic carbocycles. The topological polar surface area (TPSA) is 58.6 Å². The first-order valence-corrected chi connectivity index (χ1v) is 6.76. The lowest BCUT2D eigenvalue weighted by Crippen LogP contribution is -2.45. The number of nitrogens with zero attached hydrogens (tertiary/aromatic N) is 1. The predicted octanol–water partition coefficient (Wildman–Crippen LogP) is 0.910. The second-order valence-electron chi connectivity index (χ2n) is 5.54. The molecule has 0 radical (unpaired) electrons. The highest BCUT2D eigenvalue weighted by atomic mass is 35.5. The van der Waals surface area contributed by atoms with E-state index in [1.807, 2.05) is 6.92 Å². The molecule has 0 aromatic carbocycles. The molecule has 0 aromatic heterocycles. The molecule has 7 heteroatoms. The minimum absolute atomic E-state index is 0. The second kappa shape index (κ2) is 6.72. The summed E-state index contributed by atoms with van der Waals surface area (Å²) in [5, 5.41) is 3.28. The van der Waals surface area contributed by atoms with E-state index in [-0.39, 0.29) is 37.2 Å². The second-order valence-corrected chi connectivity index (χ2v) is 5.54. The zero-order valence-electron chi connectivity index (χ0n) is 11.9. The molecule has 2 aliphatic rings. The molecule has 2 aliphatic heterocycles. The van der Waals surface area contributed by atoms with Crippen molar-refractivity contribution in [2.75, 3.05) is 26.7 Å². The van der Waals surface area contributed by atoms with Gasteiger partial charge in [-0.3, -0.25) is 4.79 Å². The summed E-state index contributed by atoms with van der Waals surface area (Å²) in [6.45, 7) is 2.97. The van der Waals surface area contributed by atoms with Gasteiger partial charge in [0.05, 0.1) is 13.7 Å². The van der Waals surface area contributed by atoms with E-state index in [0.29, 0.717) is 12.6 Å². The fraction of sp³-hybridized carbons (Fsp3) is 0.846. The average molecular weight is 309 g/mol. The molecule has 5 nitrogen and oxygen atoms in total. The number of hydrogen-bond donors (Lipinski definition) is 1. The van der Waals surface area contributed by atoms with E-state index in [0.717, 1.165) is 19.4 Å². The molecule has 0 aromatic rings. The van der Waals surface area contributed by atoms with Crippen LogP contribution in [-0.2, 0) is 14.3 Å². The van der Waals surface area contributed by atoms with Crippen LogP contribution >= 0.6 is 12.4 Å². The van der Waals surface area contributed by atoms with Gasteiger partial charge in [-0.2, -0.15) is 0 Å². The van der Waals surface area contributed by atoms with Gasteiger partial charge in [-0.15, -0.1) is 12.4 Å². The van der Waals surface area contributed by atoms with Crippen LogP contribution in [0.1, 0.15) is 26.2 Å². The van der Waals surface area contributed by atoms with Crippen LogP contribution in [0, 0.1) is 5.92 Å². The van der Waals surface area contributed by atoms with Crippen molar-refractivity contribution in [1.82, 2.24) is 10.2 Å². The summed E-state index contributed by atoms with van der Waals surface area (Å²) < 4.78 is 18.7. The number of ether oxygens (including phenoxy) is 1. The Hall–Kier alpha value is -0.880. The zero-order chi connectivity index (χ0) is 14.0. The van der Waals surface area contributed by atoms with Crippen molar-refractivity contribution in [3.63, 3.8) is 0 Å². The molecule has 0 saturated carbocycles. The fourth-order valence-electron chi connectivity index (χ4n) is 2.92. The minimum Gasteiger partial charge on any atom is -0.467 e. The summed E-state index contributed by atoms with van der Waals surface area (Å²) in [5.74, 6) is -0.963. The van der Waals surface area contributed by atoms with E-state index in [4.69, 9.17) is 0 Å². The molecule has 116 valence electrons. The third-order valence-corrected chi connectivity index (χ3v) is 4.06. The minimum atomic E-state index is -2.02. The van der Waals surface area contributed by atoms with E-state index in [1.165, 1.54) is 12.0 Å². The van der Waals surface area contributed by atoms with Crippen LogP contribution < -0.4 is 5.32 Å². The number of halogens is 2. The Morgan fingerprint density at radius 3 is 2.75 bits per heavy atom. The Bertz CT molecular complexity index is 383. The third kappa shape index (κ3) is 3.41. The molecule has 2 saturated heterocycles. The van der Waals surface area contributed by atoms with Crippen molar-refractivity contribution in [3.8, 4) is 0 Å². The van der Waals surface area contributed by atoms with Gasteiger partial charge in [0.1, 0.15) is 0 Å². The first-order chi connectivity index (χ1) is 8.96. The van der Waals surface area contributed by atoms with Crippen molar-refractivity contribution < 1.29 is 18.7 Å². The smallest absolute Gasteiger partial charge is 0.345 e. The molecule has 2 rings (SSSR count). The van der Waals surface area contributed by atoms with Crippen molar-refractivity contribution in [1.29, 1.82) is 0 Å².